The molecular weight excluding hydrogens is 485 g/mol. The van der Waals surface area contributed by atoms with Gasteiger partial charge in [-0.25, -0.2) is 4.98 Å². The lowest BCUT2D eigenvalue weighted by molar-refractivity contribution is 0.340. The molecule has 3 aromatic rings. The lowest BCUT2D eigenvalue weighted by Crippen LogP contribution is -2.20. The van der Waals surface area contributed by atoms with E-state index in [2.05, 4.69) is 62.5 Å². The Bertz CT molecular complexity index is 993. The molecule has 1 atom stereocenters. The third-order valence-corrected chi connectivity index (χ3v) is 5.25. The molecule has 4 heteroatoms. The Morgan fingerprint density at radius 3 is 2.40 bits per heavy atom. The minimum Gasteiger partial charge on any atom is -0.494 e. The van der Waals surface area contributed by atoms with E-state index in [0.717, 1.165) is 36.5 Å². The molecule has 0 radical (unpaired) electrons. The van der Waals surface area contributed by atoms with Crippen molar-refractivity contribution < 1.29 is 9.47 Å². The highest BCUT2D eigenvalue weighted by molar-refractivity contribution is 14.1. The Morgan fingerprint density at radius 1 is 0.933 bits per heavy atom. The van der Waals surface area contributed by atoms with E-state index in [1.54, 1.807) is 0 Å². The summed E-state index contributed by atoms with van der Waals surface area (Å²) in [7, 11) is 0. The molecule has 0 aliphatic rings. The molecule has 0 fully saturated rings. The highest BCUT2D eigenvalue weighted by Gasteiger charge is 2.24. The van der Waals surface area contributed by atoms with E-state index < -0.39 is 0 Å². The number of ether oxygens (including phenoxy) is 2. The summed E-state index contributed by atoms with van der Waals surface area (Å²) in [6.45, 7) is 4.87. The molecule has 1 unspecified atom stereocenters. The minimum atomic E-state index is -0.204. The van der Waals surface area contributed by atoms with Crippen LogP contribution in [-0.2, 0) is 11.8 Å². The molecule has 0 amide bonds. The highest BCUT2D eigenvalue weighted by atomic mass is 127. The topological polar surface area (TPSA) is 31.4 Å². The Hall–Kier alpha value is -2.52. The fourth-order valence-electron chi connectivity index (χ4n) is 3.35. The van der Waals surface area contributed by atoms with Gasteiger partial charge in [0.1, 0.15) is 11.5 Å². The lowest BCUT2D eigenvalue weighted by Gasteiger charge is -2.24. The van der Waals surface area contributed by atoms with E-state index in [9.17, 15) is 0 Å². The van der Waals surface area contributed by atoms with Crippen LogP contribution in [0.5, 0.6) is 17.4 Å². The summed E-state index contributed by atoms with van der Waals surface area (Å²) in [5.41, 5.74) is 2.04. The lowest BCUT2D eigenvalue weighted by atomic mass is 9.79. The molecule has 0 aliphatic heterocycles. The third-order valence-electron chi connectivity index (χ3n) is 4.98. The molecule has 0 bridgehead atoms. The number of benzene rings is 2. The molecule has 3 nitrogen and oxygen atoms in total. The van der Waals surface area contributed by atoms with Crippen LogP contribution in [-0.4, -0.2) is 11.6 Å². The fourth-order valence-corrected chi connectivity index (χ4v) is 3.95. The SMILES string of the molecule is CCOc1ccc(C(C)(C#CI)CCCc2cccc(Oc3ccccc3)n2)cc1. The van der Waals surface area contributed by atoms with Gasteiger partial charge in [0.2, 0.25) is 5.88 Å². The van der Waals surface area contributed by atoms with Crippen LogP contribution in [0.15, 0.2) is 72.8 Å². The number of pyridine rings is 1. The van der Waals surface area contributed by atoms with E-state index >= 15 is 0 Å². The molecule has 0 spiro atoms. The van der Waals surface area contributed by atoms with Crippen LogP contribution in [0.2, 0.25) is 0 Å². The van der Waals surface area contributed by atoms with Crippen LogP contribution in [0.25, 0.3) is 0 Å². The molecular formula is C26H26INO2. The van der Waals surface area contributed by atoms with Gasteiger partial charge in [-0.2, -0.15) is 0 Å². The molecule has 0 saturated heterocycles. The fraction of sp³-hybridized carbons (Fsp3) is 0.269. The molecule has 0 saturated carbocycles. The van der Waals surface area contributed by atoms with Gasteiger partial charge < -0.3 is 9.47 Å². The predicted octanol–water partition coefficient (Wildman–Crippen LogP) is 6.95. The first-order chi connectivity index (χ1) is 14.6. The second-order valence-corrected chi connectivity index (χ2v) is 7.78. The zero-order valence-electron chi connectivity index (χ0n) is 17.4. The minimum absolute atomic E-state index is 0.204. The molecule has 2 aromatic carbocycles. The zero-order chi connectivity index (χ0) is 21.2. The van der Waals surface area contributed by atoms with Crippen LogP contribution in [0.4, 0.5) is 0 Å². The Kier molecular flexibility index (Phi) is 8.15. The van der Waals surface area contributed by atoms with Gasteiger partial charge in [-0.1, -0.05) is 42.3 Å². The van der Waals surface area contributed by atoms with Crippen LogP contribution in [0.1, 0.15) is 37.9 Å². The number of aryl methyl sites for hydroxylation is 1. The summed E-state index contributed by atoms with van der Waals surface area (Å²) >= 11 is 2.12. The molecule has 0 aliphatic carbocycles. The van der Waals surface area contributed by atoms with Crippen molar-refractivity contribution in [3.63, 3.8) is 0 Å². The number of hydrogen-bond donors (Lipinski definition) is 0. The van der Waals surface area contributed by atoms with Gasteiger partial charge in [0.05, 0.1) is 12.0 Å². The first kappa shape index (κ1) is 22.2. The quantitative estimate of drug-likeness (QED) is 0.230. The first-order valence-corrected chi connectivity index (χ1v) is 11.3. The van der Waals surface area contributed by atoms with Gasteiger partial charge in [-0.05, 0) is 72.9 Å². The van der Waals surface area contributed by atoms with Gasteiger partial charge in [0.15, 0.2) is 0 Å². The maximum Gasteiger partial charge on any atom is 0.219 e. The molecule has 30 heavy (non-hydrogen) atoms. The molecule has 154 valence electrons. The van der Waals surface area contributed by atoms with Crippen molar-refractivity contribution in [2.45, 2.75) is 38.5 Å². The molecule has 1 aromatic heterocycles. The summed E-state index contributed by atoms with van der Waals surface area (Å²) in [5.74, 6) is 5.72. The van der Waals surface area contributed by atoms with Crippen molar-refractivity contribution >= 4 is 22.6 Å². The van der Waals surface area contributed by atoms with E-state index in [4.69, 9.17) is 9.47 Å². The summed E-state index contributed by atoms with van der Waals surface area (Å²) in [6.07, 6.45) is 2.81. The number of nitrogens with zero attached hydrogens (tertiary/aromatic N) is 1. The first-order valence-electron chi connectivity index (χ1n) is 10.2. The maximum absolute atomic E-state index is 5.86. The van der Waals surface area contributed by atoms with E-state index in [-0.39, 0.29) is 5.41 Å². The average Bonchev–Trinajstić information content (AvgIpc) is 2.76. The van der Waals surface area contributed by atoms with Gasteiger partial charge in [-0.3, -0.25) is 0 Å². The molecule has 3 rings (SSSR count). The number of para-hydroxylation sites is 1. The number of halogens is 1. The van der Waals surface area contributed by atoms with Gasteiger partial charge >= 0.3 is 0 Å². The van der Waals surface area contributed by atoms with Crippen molar-refractivity contribution in [3.8, 4) is 27.2 Å². The van der Waals surface area contributed by atoms with Crippen molar-refractivity contribution in [1.82, 2.24) is 4.98 Å². The summed E-state index contributed by atoms with van der Waals surface area (Å²) in [6, 6.07) is 24.0. The van der Waals surface area contributed by atoms with Crippen LogP contribution in [0, 0.1) is 9.85 Å². The average molecular weight is 511 g/mol. The second-order valence-electron chi connectivity index (χ2n) is 7.24. The van der Waals surface area contributed by atoms with E-state index in [0.29, 0.717) is 12.5 Å². The van der Waals surface area contributed by atoms with E-state index in [1.165, 1.54) is 5.56 Å². The van der Waals surface area contributed by atoms with Crippen molar-refractivity contribution in [1.29, 1.82) is 0 Å². The zero-order valence-corrected chi connectivity index (χ0v) is 19.6. The summed E-state index contributed by atoms with van der Waals surface area (Å²) in [5, 5.41) is 0. The van der Waals surface area contributed by atoms with Gasteiger partial charge in [0, 0.05) is 34.4 Å². The number of hydrogen-bond acceptors (Lipinski definition) is 3. The summed E-state index contributed by atoms with van der Waals surface area (Å²) < 4.78 is 14.5. The van der Waals surface area contributed by atoms with Gasteiger partial charge in [0.25, 0.3) is 0 Å². The van der Waals surface area contributed by atoms with Crippen LogP contribution < -0.4 is 9.47 Å². The second kappa shape index (κ2) is 11.0. The normalized spacial score (nSPS) is 12.4. The largest absolute Gasteiger partial charge is 0.494 e. The smallest absolute Gasteiger partial charge is 0.219 e. The molecule has 0 N–H and O–H groups in total. The maximum atomic E-state index is 5.86. The van der Waals surface area contributed by atoms with Crippen LogP contribution in [0.3, 0.4) is 0 Å². The number of rotatable bonds is 9. The Balaban J connectivity index is 1.64. The standard InChI is InChI=1S/C26H26INO2/c1-3-29-23-16-14-21(15-17-23)26(2,19-20-27)18-8-10-22-9-7-13-25(28-22)30-24-11-5-4-6-12-24/h4-7,9,11-17H,3,8,10,18H2,1-2H3. The monoisotopic (exact) mass is 511 g/mol. The van der Waals surface area contributed by atoms with Crippen molar-refractivity contribution in [3.05, 3.63) is 84.1 Å². The van der Waals surface area contributed by atoms with Crippen molar-refractivity contribution in [2.24, 2.45) is 0 Å². The van der Waals surface area contributed by atoms with Gasteiger partial charge in [-0.15, -0.1) is 0 Å². The van der Waals surface area contributed by atoms with E-state index in [1.807, 2.05) is 61.5 Å². The Labute approximate surface area is 193 Å². The highest BCUT2D eigenvalue weighted by Crippen LogP contribution is 2.31. The predicted molar refractivity (Wildman–Crippen MR) is 130 cm³/mol. The van der Waals surface area contributed by atoms with Crippen molar-refractivity contribution in [2.75, 3.05) is 6.61 Å². The molecule has 1 heterocycles. The Morgan fingerprint density at radius 2 is 1.70 bits per heavy atom. The third kappa shape index (κ3) is 6.24. The van der Waals surface area contributed by atoms with Crippen LogP contribution >= 0.6 is 22.6 Å². The summed E-state index contributed by atoms with van der Waals surface area (Å²) in [4.78, 5) is 4.66. The number of aromatic nitrogens is 1.